The maximum absolute atomic E-state index is 6.43. The Labute approximate surface area is 130 Å². The third kappa shape index (κ3) is 3.42. The summed E-state index contributed by atoms with van der Waals surface area (Å²) < 4.78 is 1.02. The predicted molar refractivity (Wildman–Crippen MR) is 82.9 cm³/mol. The summed E-state index contributed by atoms with van der Waals surface area (Å²) in [4.78, 5) is 0. The average molecular weight is 364 g/mol. The zero-order valence-electron chi connectivity index (χ0n) is 9.34. The van der Waals surface area contributed by atoms with E-state index in [2.05, 4.69) is 15.9 Å². The number of benzene rings is 2. The van der Waals surface area contributed by atoms with E-state index in [1.807, 2.05) is 36.4 Å². The number of hydrogen-bond acceptors (Lipinski definition) is 0. The summed E-state index contributed by atoms with van der Waals surface area (Å²) in [6.07, 6.45) is 0.709. The van der Waals surface area contributed by atoms with E-state index in [1.54, 1.807) is 6.07 Å². The molecule has 0 spiro atoms. The fourth-order valence-electron chi connectivity index (χ4n) is 1.71. The van der Waals surface area contributed by atoms with E-state index in [-0.39, 0.29) is 5.38 Å². The molecule has 2 rings (SSSR count). The molecule has 0 fully saturated rings. The van der Waals surface area contributed by atoms with Crippen LogP contribution in [0.3, 0.4) is 0 Å². The highest BCUT2D eigenvalue weighted by Crippen LogP contribution is 2.32. The summed E-state index contributed by atoms with van der Waals surface area (Å²) in [6, 6.07) is 13.5. The molecular formula is C14H10BrCl3. The van der Waals surface area contributed by atoms with Crippen LogP contribution in [0, 0.1) is 0 Å². The molecule has 0 aliphatic carbocycles. The maximum Gasteiger partial charge on any atom is 0.0636 e. The molecule has 0 N–H and O–H groups in total. The van der Waals surface area contributed by atoms with Crippen LogP contribution in [-0.4, -0.2) is 0 Å². The van der Waals surface area contributed by atoms with Crippen molar-refractivity contribution in [3.05, 3.63) is 68.1 Å². The SMILES string of the molecule is Clc1ccc(CC(Cl)c2ccccc2Br)cc1Cl. The average Bonchev–Trinajstić information content (AvgIpc) is 2.34. The Hall–Kier alpha value is -0.210. The lowest BCUT2D eigenvalue weighted by Crippen LogP contribution is -1.97. The lowest BCUT2D eigenvalue weighted by Gasteiger charge is -2.12. The Morgan fingerprint density at radius 3 is 2.39 bits per heavy atom. The van der Waals surface area contributed by atoms with Crippen molar-refractivity contribution in [2.24, 2.45) is 0 Å². The van der Waals surface area contributed by atoms with Crippen molar-refractivity contribution >= 4 is 50.7 Å². The van der Waals surface area contributed by atoms with Crippen molar-refractivity contribution in [1.29, 1.82) is 0 Å². The molecular weight excluding hydrogens is 354 g/mol. The van der Waals surface area contributed by atoms with Gasteiger partial charge in [-0.25, -0.2) is 0 Å². The summed E-state index contributed by atoms with van der Waals surface area (Å²) in [5.74, 6) is 0. The highest BCUT2D eigenvalue weighted by molar-refractivity contribution is 9.10. The molecule has 18 heavy (non-hydrogen) atoms. The molecule has 2 aromatic rings. The van der Waals surface area contributed by atoms with E-state index in [0.29, 0.717) is 16.5 Å². The molecule has 0 aromatic heterocycles. The summed E-state index contributed by atoms with van der Waals surface area (Å²) in [5, 5.41) is 1.02. The van der Waals surface area contributed by atoms with E-state index in [4.69, 9.17) is 34.8 Å². The zero-order valence-corrected chi connectivity index (χ0v) is 13.2. The number of rotatable bonds is 3. The maximum atomic E-state index is 6.43. The van der Waals surface area contributed by atoms with Gasteiger partial charge in [-0.2, -0.15) is 0 Å². The van der Waals surface area contributed by atoms with Crippen LogP contribution < -0.4 is 0 Å². The Bertz CT molecular complexity index is 554. The third-order valence-electron chi connectivity index (χ3n) is 2.64. The van der Waals surface area contributed by atoms with E-state index in [9.17, 15) is 0 Å². The zero-order chi connectivity index (χ0) is 13.1. The second-order valence-electron chi connectivity index (χ2n) is 3.94. The van der Waals surface area contributed by atoms with E-state index in [0.717, 1.165) is 15.6 Å². The topological polar surface area (TPSA) is 0 Å². The van der Waals surface area contributed by atoms with Crippen molar-refractivity contribution < 1.29 is 0 Å². The van der Waals surface area contributed by atoms with Gasteiger partial charge in [-0.15, -0.1) is 11.6 Å². The van der Waals surface area contributed by atoms with Crippen LogP contribution in [-0.2, 0) is 6.42 Å². The second-order valence-corrected chi connectivity index (χ2v) is 6.14. The fourth-order valence-corrected chi connectivity index (χ4v) is 3.09. The largest absolute Gasteiger partial charge is 0.117 e. The van der Waals surface area contributed by atoms with Gasteiger partial charge in [0.25, 0.3) is 0 Å². The van der Waals surface area contributed by atoms with Gasteiger partial charge >= 0.3 is 0 Å². The van der Waals surface area contributed by atoms with Gasteiger partial charge in [-0.3, -0.25) is 0 Å². The van der Waals surface area contributed by atoms with E-state index < -0.39 is 0 Å². The van der Waals surface area contributed by atoms with Crippen LogP contribution in [0.2, 0.25) is 10.0 Å². The van der Waals surface area contributed by atoms with Crippen molar-refractivity contribution in [2.75, 3.05) is 0 Å². The standard InChI is InChI=1S/C14H10BrCl3/c15-11-4-2-1-3-10(11)13(17)7-9-5-6-12(16)14(18)8-9/h1-6,8,13H,7H2. The quantitative estimate of drug-likeness (QED) is 0.562. The van der Waals surface area contributed by atoms with E-state index in [1.165, 1.54) is 0 Å². The van der Waals surface area contributed by atoms with Crippen LogP contribution in [0.15, 0.2) is 46.9 Å². The summed E-state index contributed by atoms with van der Waals surface area (Å²) in [5.41, 5.74) is 2.14. The minimum atomic E-state index is -0.0992. The van der Waals surface area contributed by atoms with Gasteiger partial charge in [0.15, 0.2) is 0 Å². The van der Waals surface area contributed by atoms with Gasteiger partial charge in [0.2, 0.25) is 0 Å². The summed E-state index contributed by atoms with van der Waals surface area (Å²) >= 11 is 21.8. The first-order chi connectivity index (χ1) is 8.58. The van der Waals surface area contributed by atoms with Crippen LogP contribution in [0.1, 0.15) is 16.5 Å². The van der Waals surface area contributed by atoms with Gasteiger partial charge in [0.1, 0.15) is 0 Å². The molecule has 2 aromatic carbocycles. The summed E-state index contributed by atoms with van der Waals surface area (Å²) in [6.45, 7) is 0. The highest BCUT2D eigenvalue weighted by Gasteiger charge is 2.12. The van der Waals surface area contributed by atoms with E-state index >= 15 is 0 Å². The normalized spacial score (nSPS) is 12.4. The number of halogens is 4. The fraction of sp³-hybridized carbons (Fsp3) is 0.143. The third-order valence-corrected chi connectivity index (χ3v) is 4.49. The molecule has 94 valence electrons. The van der Waals surface area contributed by atoms with Gasteiger partial charge in [0.05, 0.1) is 15.4 Å². The molecule has 0 heterocycles. The lowest BCUT2D eigenvalue weighted by molar-refractivity contribution is 0.915. The molecule has 0 amide bonds. The molecule has 0 nitrogen and oxygen atoms in total. The minimum absolute atomic E-state index is 0.0992. The van der Waals surface area contributed by atoms with Crippen molar-refractivity contribution in [3.63, 3.8) is 0 Å². The Kier molecular flexibility index (Phi) is 4.97. The molecule has 0 aliphatic rings. The van der Waals surface area contributed by atoms with Gasteiger partial charge in [-0.05, 0) is 35.7 Å². The molecule has 4 heteroatoms. The minimum Gasteiger partial charge on any atom is -0.117 e. The molecule has 1 unspecified atom stereocenters. The van der Waals surface area contributed by atoms with Crippen LogP contribution in [0.4, 0.5) is 0 Å². The Morgan fingerprint density at radius 1 is 1.00 bits per heavy atom. The molecule has 0 bridgehead atoms. The Morgan fingerprint density at radius 2 is 1.72 bits per heavy atom. The van der Waals surface area contributed by atoms with Crippen molar-refractivity contribution in [1.82, 2.24) is 0 Å². The first-order valence-electron chi connectivity index (χ1n) is 5.40. The second kappa shape index (κ2) is 6.29. The molecule has 0 radical (unpaired) electrons. The number of alkyl halides is 1. The smallest absolute Gasteiger partial charge is 0.0636 e. The first-order valence-corrected chi connectivity index (χ1v) is 7.39. The van der Waals surface area contributed by atoms with Crippen LogP contribution >= 0.6 is 50.7 Å². The first kappa shape index (κ1) is 14.2. The summed E-state index contributed by atoms with van der Waals surface area (Å²) in [7, 11) is 0. The molecule has 0 saturated carbocycles. The van der Waals surface area contributed by atoms with Gasteiger partial charge < -0.3 is 0 Å². The number of hydrogen-bond donors (Lipinski definition) is 0. The molecule has 0 saturated heterocycles. The molecule has 0 aliphatic heterocycles. The van der Waals surface area contributed by atoms with Crippen molar-refractivity contribution in [2.45, 2.75) is 11.8 Å². The lowest BCUT2D eigenvalue weighted by atomic mass is 10.0. The van der Waals surface area contributed by atoms with Gasteiger partial charge in [0, 0.05) is 4.47 Å². The monoisotopic (exact) mass is 362 g/mol. The van der Waals surface area contributed by atoms with Crippen molar-refractivity contribution in [3.8, 4) is 0 Å². The van der Waals surface area contributed by atoms with Gasteiger partial charge in [-0.1, -0.05) is 63.4 Å². The van der Waals surface area contributed by atoms with Crippen LogP contribution in [0.5, 0.6) is 0 Å². The molecule has 1 atom stereocenters. The Balaban J connectivity index is 2.19. The van der Waals surface area contributed by atoms with Crippen LogP contribution in [0.25, 0.3) is 0 Å². The predicted octanol–water partition coefficient (Wildman–Crippen LogP) is 6.28. The highest BCUT2D eigenvalue weighted by atomic mass is 79.9.